The van der Waals surface area contributed by atoms with Crippen molar-refractivity contribution in [3.63, 3.8) is 0 Å². The van der Waals surface area contributed by atoms with Crippen molar-refractivity contribution in [3.8, 4) is 5.75 Å². The molecule has 2 amide bonds. The first-order valence-electron chi connectivity index (χ1n) is 13.0. The molecule has 3 aliphatic carbocycles. The molecule has 4 aliphatic rings. The number of halogens is 1. The average Bonchev–Trinajstić information content (AvgIpc) is 2.88. The largest absolute Gasteiger partial charge is 0.508 e. The SMILES string of the molecule is CCCNC1Cc2c(F)c3c(c(O)c2NC1=O)C(O)=C1C(=O)[C@@]2(O)C(O)=C(C(N)=O)C(=O)[C@H](N(C)C)[C@H]2C[C@H]1C3. The predicted octanol–water partition coefficient (Wildman–Crippen LogP) is -0.0341. The molecular formula is C27H31FN4O8. The Bertz CT molecular complexity index is 1450. The lowest BCUT2D eigenvalue weighted by atomic mass is 9.57. The second-order valence-electron chi connectivity index (χ2n) is 11.0. The van der Waals surface area contributed by atoms with E-state index in [2.05, 4.69) is 10.6 Å². The predicted molar refractivity (Wildman–Crippen MR) is 139 cm³/mol. The highest BCUT2D eigenvalue weighted by Gasteiger charge is 2.64. The van der Waals surface area contributed by atoms with Crippen LogP contribution >= 0.6 is 0 Å². The number of nitrogens with two attached hydrogens (primary N) is 1. The van der Waals surface area contributed by atoms with Crippen LogP contribution in [0.5, 0.6) is 5.75 Å². The Morgan fingerprint density at radius 3 is 2.45 bits per heavy atom. The third-order valence-electron chi connectivity index (χ3n) is 8.53. The van der Waals surface area contributed by atoms with Crippen LogP contribution in [0.25, 0.3) is 5.76 Å². The van der Waals surface area contributed by atoms with Crippen LogP contribution < -0.4 is 16.4 Å². The number of hydrogen-bond donors (Lipinski definition) is 7. The molecule has 1 aromatic carbocycles. The number of likely N-dealkylation sites (N-methyl/N-ethyl adjacent to an activating group) is 1. The summed E-state index contributed by atoms with van der Waals surface area (Å²) in [5.74, 6) is -9.49. The molecule has 214 valence electrons. The van der Waals surface area contributed by atoms with Crippen LogP contribution in [0.1, 0.15) is 36.5 Å². The first-order chi connectivity index (χ1) is 18.8. The molecule has 0 bridgehead atoms. The van der Waals surface area contributed by atoms with Gasteiger partial charge in [-0.1, -0.05) is 6.92 Å². The molecule has 1 fully saturated rings. The van der Waals surface area contributed by atoms with Gasteiger partial charge in [0.15, 0.2) is 17.1 Å². The third-order valence-corrected chi connectivity index (χ3v) is 8.53. The molecule has 1 saturated carbocycles. The molecule has 0 saturated heterocycles. The molecule has 0 radical (unpaired) electrons. The van der Waals surface area contributed by atoms with E-state index in [0.717, 1.165) is 6.42 Å². The lowest BCUT2D eigenvalue weighted by Crippen LogP contribution is -2.65. The zero-order valence-corrected chi connectivity index (χ0v) is 22.2. The maximum atomic E-state index is 16.0. The van der Waals surface area contributed by atoms with Crippen LogP contribution in [0.4, 0.5) is 10.1 Å². The third kappa shape index (κ3) is 3.61. The summed E-state index contributed by atoms with van der Waals surface area (Å²) in [5, 5.41) is 50.4. The van der Waals surface area contributed by atoms with Crippen molar-refractivity contribution in [1.82, 2.24) is 10.2 Å². The summed E-state index contributed by atoms with van der Waals surface area (Å²) in [6.07, 6.45) is 0.354. The number of hydrogen-bond acceptors (Lipinski definition) is 10. The van der Waals surface area contributed by atoms with Crippen molar-refractivity contribution >= 4 is 34.8 Å². The molecular weight excluding hydrogens is 527 g/mol. The standard InChI is InChI=1S/C27H31FN4O8/c1-4-5-30-13-8-11-17(28)10-6-9-7-12-19(32(2)3)22(35)16(25(29)38)24(37)27(12,40)23(36)14(9)20(33)15(10)21(34)18(11)31-26(13)39/h9,12-13,19,30,33-34,37,40H,4-8H2,1-3H3,(H2,29,38)(H,31,39)/t9-,12-,13?,19-,27-/m1/s1. The summed E-state index contributed by atoms with van der Waals surface area (Å²) in [6.45, 7) is 2.42. The number of nitrogens with zero attached hydrogens (tertiary/aromatic N) is 1. The van der Waals surface area contributed by atoms with Crippen molar-refractivity contribution < 1.29 is 44.0 Å². The molecule has 1 heterocycles. The normalized spacial score (nSPS) is 29.6. The van der Waals surface area contributed by atoms with Gasteiger partial charge in [-0.05, 0) is 45.8 Å². The first kappa shape index (κ1) is 27.7. The van der Waals surface area contributed by atoms with E-state index in [9.17, 15) is 39.6 Å². The van der Waals surface area contributed by atoms with Gasteiger partial charge in [0.05, 0.1) is 23.3 Å². The molecule has 0 aromatic heterocycles. The van der Waals surface area contributed by atoms with E-state index in [-0.39, 0.29) is 36.1 Å². The molecule has 8 N–H and O–H groups in total. The zero-order chi connectivity index (χ0) is 29.4. The number of carbonyl (C=O) groups is 4. The van der Waals surface area contributed by atoms with Gasteiger partial charge in [0.2, 0.25) is 11.7 Å². The van der Waals surface area contributed by atoms with Gasteiger partial charge in [-0.25, -0.2) is 4.39 Å². The number of aliphatic hydroxyl groups is 3. The smallest absolute Gasteiger partial charge is 0.255 e. The fourth-order valence-corrected chi connectivity index (χ4v) is 6.71. The molecule has 1 aliphatic heterocycles. The number of ketones is 2. The van der Waals surface area contributed by atoms with Crippen LogP contribution in [0.3, 0.4) is 0 Å². The van der Waals surface area contributed by atoms with E-state index in [4.69, 9.17) is 5.73 Å². The van der Waals surface area contributed by atoms with Crippen LogP contribution in [-0.2, 0) is 32.0 Å². The van der Waals surface area contributed by atoms with Crippen LogP contribution in [0, 0.1) is 17.7 Å². The second-order valence-corrected chi connectivity index (χ2v) is 11.0. The maximum Gasteiger partial charge on any atom is 0.255 e. The molecule has 1 unspecified atom stereocenters. The summed E-state index contributed by atoms with van der Waals surface area (Å²) in [7, 11) is 2.99. The summed E-state index contributed by atoms with van der Waals surface area (Å²) < 4.78 is 16.0. The number of aromatic hydroxyl groups is 1. The zero-order valence-electron chi connectivity index (χ0n) is 22.2. The van der Waals surface area contributed by atoms with E-state index in [1.165, 1.54) is 19.0 Å². The fourth-order valence-electron chi connectivity index (χ4n) is 6.71. The van der Waals surface area contributed by atoms with Crippen molar-refractivity contribution in [2.75, 3.05) is 26.0 Å². The van der Waals surface area contributed by atoms with Gasteiger partial charge >= 0.3 is 0 Å². The number of nitrogens with one attached hydrogen (secondary N) is 2. The molecule has 13 heteroatoms. The van der Waals surface area contributed by atoms with Crippen molar-refractivity contribution in [3.05, 3.63) is 39.4 Å². The molecule has 5 atom stereocenters. The van der Waals surface area contributed by atoms with E-state index < -0.39 is 92.7 Å². The number of primary amides is 1. The van der Waals surface area contributed by atoms with Gasteiger partial charge in [-0.2, -0.15) is 0 Å². The van der Waals surface area contributed by atoms with Gasteiger partial charge in [0.1, 0.15) is 22.9 Å². The Morgan fingerprint density at radius 2 is 1.85 bits per heavy atom. The topological polar surface area (TPSA) is 203 Å². The molecule has 1 aromatic rings. The van der Waals surface area contributed by atoms with Crippen LogP contribution in [-0.4, -0.2) is 87.0 Å². The van der Waals surface area contributed by atoms with Gasteiger partial charge in [0.25, 0.3) is 5.91 Å². The summed E-state index contributed by atoms with van der Waals surface area (Å²) in [4.78, 5) is 53.1. The number of phenolic OH excluding ortho intramolecular Hbond substituents is 1. The van der Waals surface area contributed by atoms with E-state index in [0.29, 0.717) is 6.54 Å². The highest BCUT2D eigenvalue weighted by Crippen LogP contribution is 2.54. The number of phenols is 1. The molecule has 5 rings (SSSR count). The summed E-state index contributed by atoms with van der Waals surface area (Å²) in [5.41, 5.74) is 0.542. The molecule has 12 nitrogen and oxygen atoms in total. The minimum absolute atomic E-state index is 0.0463. The Balaban J connectivity index is 1.68. The number of anilines is 1. The summed E-state index contributed by atoms with van der Waals surface area (Å²) in [6, 6.07) is -1.97. The van der Waals surface area contributed by atoms with Crippen LogP contribution in [0.15, 0.2) is 16.9 Å². The van der Waals surface area contributed by atoms with E-state index in [1.54, 1.807) is 0 Å². The van der Waals surface area contributed by atoms with E-state index in [1.807, 2.05) is 6.92 Å². The first-order valence-corrected chi connectivity index (χ1v) is 13.0. The lowest BCUT2D eigenvalue weighted by Gasteiger charge is -2.50. The fraction of sp³-hybridized carbons (Fsp3) is 0.481. The van der Waals surface area contributed by atoms with E-state index >= 15 is 4.39 Å². The van der Waals surface area contributed by atoms with Crippen molar-refractivity contribution in [1.29, 1.82) is 0 Å². The monoisotopic (exact) mass is 558 g/mol. The quantitative estimate of drug-likeness (QED) is 0.190. The van der Waals surface area contributed by atoms with Gasteiger partial charge in [-0.15, -0.1) is 0 Å². The van der Waals surface area contributed by atoms with Gasteiger partial charge in [0, 0.05) is 29.0 Å². The average molecular weight is 559 g/mol. The maximum absolute atomic E-state index is 16.0. The Kier molecular flexibility index (Phi) is 6.51. The lowest BCUT2D eigenvalue weighted by molar-refractivity contribution is -0.153. The number of fused-ring (bicyclic) bond motifs is 4. The van der Waals surface area contributed by atoms with Crippen molar-refractivity contribution in [2.45, 2.75) is 50.3 Å². The Labute approximate surface area is 228 Å². The number of aliphatic hydroxyl groups excluding tert-OH is 2. The number of Topliss-reactive ketones (excluding diaryl/α,β-unsaturated/α-hetero) is 2. The molecule has 0 spiro atoms. The minimum Gasteiger partial charge on any atom is -0.508 e. The Hall–Kier alpha value is -3.81. The van der Waals surface area contributed by atoms with Gasteiger partial charge < -0.3 is 36.8 Å². The van der Waals surface area contributed by atoms with Crippen molar-refractivity contribution in [2.24, 2.45) is 17.6 Å². The van der Waals surface area contributed by atoms with Crippen LogP contribution in [0.2, 0.25) is 0 Å². The van der Waals surface area contributed by atoms with Gasteiger partial charge in [-0.3, -0.25) is 24.1 Å². The number of benzene rings is 1. The summed E-state index contributed by atoms with van der Waals surface area (Å²) >= 11 is 0. The molecule has 40 heavy (non-hydrogen) atoms. The minimum atomic E-state index is -2.79. The highest BCUT2D eigenvalue weighted by molar-refractivity contribution is 6.24. The highest BCUT2D eigenvalue weighted by atomic mass is 19.1. The Morgan fingerprint density at radius 1 is 1.18 bits per heavy atom. The number of rotatable bonds is 5. The second kappa shape index (κ2) is 9.39. The number of carbonyl (C=O) groups excluding carboxylic acids is 4. The number of amides is 2.